The van der Waals surface area contributed by atoms with E-state index in [9.17, 15) is 4.79 Å². The van der Waals surface area contributed by atoms with Crippen LogP contribution in [0, 0.1) is 0 Å². The molecule has 0 radical (unpaired) electrons. The lowest BCUT2D eigenvalue weighted by atomic mass is 10.2. The molecule has 54 valence electrons. The SMILES string of the molecule is O=Cc1ccccc1.OCl. The van der Waals surface area contributed by atoms with Crippen LogP contribution < -0.4 is 0 Å². The van der Waals surface area contributed by atoms with Crippen LogP contribution in [-0.4, -0.2) is 10.9 Å². The molecule has 2 nitrogen and oxygen atoms in total. The summed E-state index contributed by atoms with van der Waals surface area (Å²) in [6, 6.07) is 9.10. The highest BCUT2D eigenvalue weighted by Crippen LogP contribution is 1.91. The zero-order valence-corrected chi connectivity index (χ0v) is 5.95. The minimum absolute atomic E-state index is 0.729. The third-order valence-corrected chi connectivity index (χ3v) is 0.936. The molecule has 0 amide bonds. The lowest BCUT2D eigenvalue weighted by Crippen LogP contribution is -1.73. The molecule has 0 aliphatic heterocycles. The number of rotatable bonds is 1. The summed E-state index contributed by atoms with van der Waals surface area (Å²) in [6.07, 6.45) is 0.833. The second-order valence-corrected chi connectivity index (χ2v) is 1.53. The van der Waals surface area contributed by atoms with E-state index in [4.69, 9.17) is 4.66 Å². The lowest BCUT2D eigenvalue weighted by molar-refractivity contribution is 0.112. The van der Waals surface area contributed by atoms with Crippen molar-refractivity contribution in [2.75, 3.05) is 0 Å². The van der Waals surface area contributed by atoms with Gasteiger partial charge in [0.1, 0.15) is 6.29 Å². The Kier molecular flexibility index (Phi) is 5.72. The predicted molar refractivity (Wildman–Crippen MR) is 39.9 cm³/mol. The van der Waals surface area contributed by atoms with E-state index in [1.54, 1.807) is 12.1 Å². The van der Waals surface area contributed by atoms with Crippen LogP contribution in [-0.2, 0) is 0 Å². The molecule has 1 aromatic carbocycles. The van der Waals surface area contributed by atoms with Crippen LogP contribution in [0.1, 0.15) is 10.4 Å². The summed E-state index contributed by atoms with van der Waals surface area (Å²) in [5.74, 6) is 0. The molecule has 0 aromatic heterocycles. The Morgan fingerprint density at radius 1 is 1.20 bits per heavy atom. The fourth-order valence-electron chi connectivity index (χ4n) is 0.532. The molecule has 1 rings (SSSR count). The normalized spacial score (nSPS) is 7.40. The van der Waals surface area contributed by atoms with Crippen molar-refractivity contribution >= 4 is 18.2 Å². The first-order valence-electron chi connectivity index (χ1n) is 2.60. The second kappa shape index (κ2) is 6.26. The van der Waals surface area contributed by atoms with Crippen molar-refractivity contribution in [3.63, 3.8) is 0 Å². The first kappa shape index (κ1) is 9.14. The van der Waals surface area contributed by atoms with Crippen molar-refractivity contribution in [2.24, 2.45) is 0 Å². The Labute approximate surface area is 64.2 Å². The summed E-state index contributed by atoms with van der Waals surface area (Å²) in [6.45, 7) is 0. The van der Waals surface area contributed by atoms with Crippen molar-refractivity contribution in [1.82, 2.24) is 0 Å². The Bertz CT molecular complexity index is 174. The van der Waals surface area contributed by atoms with Crippen LogP contribution in [0.25, 0.3) is 0 Å². The summed E-state index contributed by atoms with van der Waals surface area (Å²) < 4.78 is 6.47. The van der Waals surface area contributed by atoms with Gasteiger partial charge in [-0.1, -0.05) is 30.3 Å². The van der Waals surface area contributed by atoms with Gasteiger partial charge in [0.25, 0.3) is 0 Å². The number of aldehydes is 1. The fraction of sp³-hybridized carbons (Fsp3) is 0. The van der Waals surface area contributed by atoms with Crippen molar-refractivity contribution in [3.05, 3.63) is 35.9 Å². The molecule has 0 saturated heterocycles. The van der Waals surface area contributed by atoms with Crippen molar-refractivity contribution in [1.29, 1.82) is 0 Å². The number of hydrogen-bond acceptors (Lipinski definition) is 2. The van der Waals surface area contributed by atoms with Crippen LogP contribution in [0.2, 0.25) is 0 Å². The highest BCUT2D eigenvalue weighted by atomic mass is 35.5. The molecule has 0 aliphatic carbocycles. The lowest BCUT2D eigenvalue weighted by Gasteiger charge is -1.81. The van der Waals surface area contributed by atoms with Crippen molar-refractivity contribution < 1.29 is 9.45 Å². The number of benzene rings is 1. The minimum atomic E-state index is 0.729. The van der Waals surface area contributed by atoms with Gasteiger partial charge in [-0.25, -0.2) is 0 Å². The van der Waals surface area contributed by atoms with E-state index in [1.807, 2.05) is 18.2 Å². The molecule has 0 spiro atoms. The molecule has 1 N–H and O–H groups in total. The number of carbonyl (C=O) groups excluding carboxylic acids is 1. The maximum absolute atomic E-state index is 10.0. The monoisotopic (exact) mass is 158 g/mol. The molecule has 0 aliphatic rings. The van der Waals surface area contributed by atoms with Gasteiger partial charge in [-0.3, -0.25) is 9.45 Å². The number of carbonyl (C=O) groups is 1. The van der Waals surface area contributed by atoms with Gasteiger partial charge in [0.15, 0.2) is 0 Å². The predicted octanol–water partition coefficient (Wildman–Crippen LogP) is 1.63. The molecular formula is C7H7ClO2. The fourth-order valence-corrected chi connectivity index (χ4v) is 0.532. The van der Waals surface area contributed by atoms with Gasteiger partial charge in [0.05, 0.1) is 11.9 Å². The minimum Gasteiger partial charge on any atom is -0.298 e. The van der Waals surface area contributed by atoms with Gasteiger partial charge in [-0.15, -0.1) is 0 Å². The third-order valence-electron chi connectivity index (χ3n) is 0.936. The first-order chi connectivity index (χ1) is 4.93. The standard InChI is InChI=1S/C7H6O.ClHO/c8-6-7-4-2-1-3-5-7;1-2/h1-6H;2H. The summed E-state index contributed by atoms with van der Waals surface area (Å²) in [4.78, 5) is 10.0. The van der Waals surface area contributed by atoms with Crippen LogP contribution in [0.3, 0.4) is 0 Å². The van der Waals surface area contributed by atoms with E-state index >= 15 is 0 Å². The van der Waals surface area contributed by atoms with Crippen molar-refractivity contribution in [2.45, 2.75) is 0 Å². The molecule has 0 fully saturated rings. The summed E-state index contributed by atoms with van der Waals surface area (Å²) in [5.41, 5.74) is 0.729. The molecule has 0 atom stereocenters. The van der Waals surface area contributed by atoms with Gasteiger partial charge >= 0.3 is 0 Å². The first-order valence-corrected chi connectivity index (χ1v) is 2.94. The van der Waals surface area contributed by atoms with Crippen LogP contribution >= 0.6 is 11.9 Å². The van der Waals surface area contributed by atoms with E-state index in [0.29, 0.717) is 0 Å². The van der Waals surface area contributed by atoms with E-state index in [1.165, 1.54) is 0 Å². The van der Waals surface area contributed by atoms with Gasteiger partial charge in [0.2, 0.25) is 0 Å². The van der Waals surface area contributed by atoms with Gasteiger partial charge < -0.3 is 0 Å². The van der Waals surface area contributed by atoms with E-state index in [-0.39, 0.29) is 0 Å². The Morgan fingerprint density at radius 2 is 1.70 bits per heavy atom. The maximum Gasteiger partial charge on any atom is 0.150 e. The molecule has 0 heterocycles. The molecule has 1 aromatic rings. The van der Waals surface area contributed by atoms with Crippen LogP contribution in [0.5, 0.6) is 0 Å². The zero-order chi connectivity index (χ0) is 7.82. The molecule has 3 heteroatoms. The average Bonchev–Trinajstić information content (AvgIpc) is 2.10. The van der Waals surface area contributed by atoms with Crippen LogP contribution in [0.15, 0.2) is 30.3 Å². The molecule has 0 unspecified atom stereocenters. The highest BCUT2D eigenvalue weighted by Gasteiger charge is 1.79. The van der Waals surface area contributed by atoms with Gasteiger partial charge in [0, 0.05) is 5.56 Å². The van der Waals surface area contributed by atoms with E-state index < -0.39 is 0 Å². The van der Waals surface area contributed by atoms with Crippen LogP contribution in [0.4, 0.5) is 0 Å². The zero-order valence-electron chi connectivity index (χ0n) is 5.20. The summed E-state index contributed by atoms with van der Waals surface area (Å²) in [7, 11) is 0. The summed E-state index contributed by atoms with van der Waals surface area (Å²) >= 11 is 3.64. The van der Waals surface area contributed by atoms with Gasteiger partial charge in [-0.2, -0.15) is 0 Å². The van der Waals surface area contributed by atoms with E-state index in [0.717, 1.165) is 11.8 Å². The van der Waals surface area contributed by atoms with Crippen molar-refractivity contribution in [3.8, 4) is 0 Å². The highest BCUT2D eigenvalue weighted by molar-refractivity contribution is 6.04. The Hall–Kier alpha value is -0.860. The number of halogens is 1. The largest absolute Gasteiger partial charge is 0.298 e. The maximum atomic E-state index is 10.0. The average molecular weight is 159 g/mol. The molecular weight excluding hydrogens is 152 g/mol. The molecule has 10 heavy (non-hydrogen) atoms. The Morgan fingerprint density at radius 3 is 2.00 bits per heavy atom. The molecule has 0 bridgehead atoms. The third kappa shape index (κ3) is 3.22. The smallest absolute Gasteiger partial charge is 0.150 e. The summed E-state index contributed by atoms with van der Waals surface area (Å²) in [5, 5.41) is 0. The Balaban J connectivity index is 0.000000371. The number of hydrogen-bond donors (Lipinski definition) is 1. The topological polar surface area (TPSA) is 37.3 Å². The van der Waals surface area contributed by atoms with Gasteiger partial charge in [-0.05, 0) is 0 Å². The quantitative estimate of drug-likeness (QED) is 0.631. The molecule has 0 saturated carbocycles. The second-order valence-electron chi connectivity index (χ2n) is 1.53. The van der Waals surface area contributed by atoms with E-state index in [2.05, 4.69) is 11.9 Å².